The van der Waals surface area contributed by atoms with E-state index in [-0.39, 0.29) is 10.6 Å². The molecule has 1 atom stereocenters. The first kappa shape index (κ1) is 13.7. The van der Waals surface area contributed by atoms with Gasteiger partial charge in [-0.2, -0.15) is 5.26 Å². The van der Waals surface area contributed by atoms with Crippen molar-refractivity contribution in [2.75, 3.05) is 5.32 Å². The molecule has 2 nitrogen and oxygen atoms in total. The van der Waals surface area contributed by atoms with E-state index in [1.807, 2.05) is 6.07 Å². The molecule has 1 unspecified atom stereocenters. The number of hydrogen-bond donors (Lipinski definition) is 1. The van der Waals surface area contributed by atoms with E-state index >= 15 is 0 Å². The van der Waals surface area contributed by atoms with E-state index < -0.39 is 11.9 Å². The highest BCUT2D eigenvalue weighted by Crippen LogP contribution is 2.28. The molecular formula is C14H9Cl2FN2. The maximum atomic E-state index is 13.9. The predicted octanol–water partition coefficient (Wildman–Crippen LogP) is 4.81. The highest BCUT2D eigenvalue weighted by Gasteiger charge is 2.17. The Balaban J connectivity index is 2.34. The topological polar surface area (TPSA) is 35.8 Å². The quantitative estimate of drug-likeness (QED) is 0.882. The first-order chi connectivity index (χ1) is 9.13. The number of nitrogens with zero attached hydrogens (tertiary/aromatic N) is 1. The maximum absolute atomic E-state index is 13.9. The third-order valence-electron chi connectivity index (χ3n) is 2.60. The molecule has 0 heterocycles. The molecule has 0 saturated carbocycles. The van der Waals surface area contributed by atoms with Crippen LogP contribution in [-0.4, -0.2) is 0 Å². The third kappa shape index (κ3) is 2.98. The predicted molar refractivity (Wildman–Crippen MR) is 74.8 cm³/mol. The van der Waals surface area contributed by atoms with Crippen LogP contribution in [0.2, 0.25) is 10.0 Å². The molecule has 0 aliphatic rings. The van der Waals surface area contributed by atoms with Crippen molar-refractivity contribution in [3.63, 3.8) is 0 Å². The Bertz CT molecular complexity index is 638. The normalized spacial score (nSPS) is 11.7. The van der Waals surface area contributed by atoms with Crippen LogP contribution in [0.15, 0.2) is 42.5 Å². The molecule has 2 rings (SSSR count). The van der Waals surface area contributed by atoms with Gasteiger partial charge in [0.15, 0.2) is 0 Å². The second kappa shape index (κ2) is 5.92. The van der Waals surface area contributed by atoms with E-state index in [9.17, 15) is 9.65 Å². The Morgan fingerprint density at radius 3 is 2.42 bits per heavy atom. The smallest absolute Gasteiger partial charge is 0.148 e. The summed E-state index contributed by atoms with van der Waals surface area (Å²) < 4.78 is 13.9. The van der Waals surface area contributed by atoms with Gasteiger partial charge in [0.25, 0.3) is 0 Å². The maximum Gasteiger partial charge on any atom is 0.148 e. The SMILES string of the molecule is N#CC(Nc1ccccc1Cl)c1cccc(Cl)c1F. The van der Waals surface area contributed by atoms with E-state index in [2.05, 4.69) is 5.32 Å². The van der Waals surface area contributed by atoms with Crippen LogP contribution in [-0.2, 0) is 0 Å². The van der Waals surface area contributed by atoms with Gasteiger partial charge in [-0.25, -0.2) is 4.39 Å². The van der Waals surface area contributed by atoms with E-state index in [1.165, 1.54) is 12.1 Å². The van der Waals surface area contributed by atoms with Crippen LogP contribution >= 0.6 is 23.2 Å². The van der Waals surface area contributed by atoms with Gasteiger partial charge in [0, 0.05) is 5.56 Å². The molecule has 19 heavy (non-hydrogen) atoms. The fourth-order valence-electron chi connectivity index (χ4n) is 1.66. The number of para-hydroxylation sites is 1. The van der Waals surface area contributed by atoms with E-state index in [4.69, 9.17) is 23.2 Å². The Hall–Kier alpha value is -1.76. The highest BCUT2D eigenvalue weighted by molar-refractivity contribution is 6.33. The molecule has 0 amide bonds. The molecule has 5 heteroatoms. The molecule has 0 bridgehead atoms. The van der Waals surface area contributed by atoms with Crippen LogP contribution in [0.3, 0.4) is 0 Å². The van der Waals surface area contributed by atoms with Crippen LogP contribution in [0.4, 0.5) is 10.1 Å². The lowest BCUT2D eigenvalue weighted by atomic mass is 10.1. The first-order valence-corrected chi connectivity index (χ1v) is 6.23. The van der Waals surface area contributed by atoms with Crippen molar-refractivity contribution < 1.29 is 4.39 Å². The summed E-state index contributed by atoms with van der Waals surface area (Å²) >= 11 is 11.7. The molecule has 0 aliphatic carbocycles. The van der Waals surface area contributed by atoms with E-state index in [0.717, 1.165) is 0 Å². The Morgan fingerprint density at radius 1 is 1.05 bits per heavy atom. The molecule has 0 aliphatic heterocycles. The van der Waals surface area contributed by atoms with Gasteiger partial charge in [0.2, 0.25) is 0 Å². The number of hydrogen-bond acceptors (Lipinski definition) is 2. The summed E-state index contributed by atoms with van der Waals surface area (Å²) in [5.41, 5.74) is 0.755. The summed E-state index contributed by atoms with van der Waals surface area (Å²) in [4.78, 5) is 0. The summed E-state index contributed by atoms with van der Waals surface area (Å²) in [5.74, 6) is -0.602. The minimum atomic E-state index is -0.862. The summed E-state index contributed by atoms with van der Waals surface area (Å²) in [5, 5.41) is 12.5. The molecule has 0 radical (unpaired) electrons. The van der Waals surface area contributed by atoms with Crippen LogP contribution in [0, 0.1) is 17.1 Å². The Labute approximate surface area is 120 Å². The molecule has 96 valence electrons. The standard InChI is InChI=1S/C14H9Cl2FN2/c15-10-5-1-2-7-12(10)19-13(8-18)9-4-3-6-11(16)14(9)17/h1-7,13,19H. The molecule has 1 N–H and O–H groups in total. The average molecular weight is 295 g/mol. The van der Waals surface area contributed by atoms with Crippen molar-refractivity contribution in [3.8, 4) is 6.07 Å². The summed E-state index contributed by atoms with van der Waals surface area (Å²) in [6.45, 7) is 0. The first-order valence-electron chi connectivity index (χ1n) is 5.48. The van der Waals surface area contributed by atoms with Gasteiger partial charge in [-0.05, 0) is 18.2 Å². The van der Waals surface area contributed by atoms with Crippen molar-refractivity contribution in [1.29, 1.82) is 5.26 Å². The van der Waals surface area contributed by atoms with E-state index in [0.29, 0.717) is 10.7 Å². The molecule has 2 aromatic carbocycles. The molecule has 0 fully saturated rings. The van der Waals surface area contributed by atoms with Crippen molar-refractivity contribution in [1.82, 2.24) is 0 Å². The molecule has 0 saturated heterocycles. The van der Waals surface area contributed by atoms with E-state index in [1.54, 1.807) is 30.3 Å². The number of nitriles is 1. The fourth-order valence-corrected chi connectivity index (χ4v) is 2.03. The van der Waals surface area contributed by atoms with Crippen molar-refractivity contribution in [2.24, 2.45) is 0 Å². The van der Waals surface area contributed by atoms with Gasteiger partial charge in [-0.15, -0.1) is 0 Å². The molecule has 0 aromatic heterocycles. The summed E-state index contributed by atoms with van der Waals surface area (Å²) in [7, 11) is 0. The van der Waals surface area contributed by atoms with Gasteiger partial charge in [0.05, 0.1) is 21.8 Å². The minimum Gasteiger partial charge on any atom is -0.365 e. The molecule has 2 aromatic rings. The summed E-state index contributed by atoms with van der Waals surface area (Å²) in [6, 6.07) is 12.6. The second-order valence-electron chi connectivity index (χ2n) is 3.83. The van der Waals surface area contributed by atoms with Crippen LogP contribution in [0.5, 0.6) is 0 Å². The second-order valence-corrected chi connectivity index (χ2v) is 4.64. The lowest BCUT2D eigenvalue weighted by Gasteiger charge is -2.15. The number of anilines is 1. The monoisotopic (exact) mass is 294 g/mol. The Kier molecular flexibility index (Phi) is 4.26. The van der Waals surface area contributed by atoms with Crippen LogP contribution < -0.4 is 5.32 Å². The minimum absolute atomic E-state index is 0.0151. The third-order valence-corrected chi connectivity index (χ3v) is 3.22. The number of nitrogens with one attached hydrogen (secondary N) is 1. The highest BCUT2D eigenvalue weighted by atomic mass is 35.5. The fraction of sp³-hybridized carbons (Fsp3) is 0.0714. The van der Waals surface area contributed by atoms with Gasteiger partial charge in [0.1, 0.15) is 11.9 Å². The zero-order valence-electron chi connectivity index (χ0n) is 9.70. The van der Waals surface area contributed by atoms with Gasteiger partial charge in [-0.3, -0.25) is 0 Å². The molecular weight excluding hydrogens is 286 g/mol. The van der Waals surface area contributed by atoms with Crippen molar-refractivity contribution in [2.45, 2.75) is 6.04 Å². The largest absolute Gasteiger partial charge is 0.365 e. The number of rotatable bonds is 3. The average Bonchev–Trinajstić information content (AvgIpc) is 2.41. The zero-order chi connectivity index (χ0) is 13.8. The van der Waals surface area contributed by atoms with Crippen LogP contribution in [0.25, 0.3) is 0 Å². The van der Waals surface area contributed by atoms with Gasteiger partial charge in [-0.1, -0.05) is 47.5 Å². The number of benzene rings is 2. The lowest BCUT2D eigenvalue weighted by molar-refractivity contribution is 0.608. The zero-order valence-corrected chi connectivity index (χ0v) is 11.2. The lowest BCUT2D eigenvalue weighted by Crippen LogP contribution is -2.10. The van der Waals surface area contributed by atoms with Crippen molar-refractivity contribution >= 4 is 28.9 Å². The van der Waals surface area contributed by atoms with Gasteiger partial charge >= 0.3 is 0 Å². The molecule has 0 spiro atoms. The van der Waals surface area contributed by atoms with Crippen LogP contribution in [0.1, 0.15) is 11.6 Å². The van der Waals surface area contributed by atoms with Gasteiger partial charge < -0.3 is 5.32 Å². The van der Waals surface area contributed by atoms with Crippen molar-refractivity contribution in [3.05, 3.63) is 63.9 Å². The Morgan fingerprint density at radius 2 is 1.74 bits per heavy atom. The summed E-state index contributed by atoms with van der Waals surface area (Å²) in [6.07, 6.45) is 0. The number of halogens is 3.